The van der Waals surface area contributed by atoms with Gasteiger partial charge in [-0.3, -0.25) is 0 Å². The average molecular weight is 325 g/mol. The second kappa shape index (κ2) is 6.76. The lowest BCUT2D eigenvalue weighted by Crippen LogP contribution is -2.48. The molecule has 2 atom stereocenters. The fourth-order valence-corrected chi connectivity index (χ4v) is 3.36. The molecule has 2 rings (SSSR count). The topological polar surface area (TPSA) is 15.3 Å². The van der Waals surface area contributed by atoms with Gasteiger partial charge in [-0.25, -0.2) is 0 Å². The zero-order valence-corrected chi connectivity index (χ0v) is 13.8. The van der Waals surface area contributed by atoms with Gasteiger partial charge in [-0.15, -0.1) is 0 Å². The van der Waals surface area contributed by atoms with E-state index in [4.69, 9.17) is 0 Å². The maximum atomic E-state index is 3.69. The van der Waals surface area contributed by atoms with Crippen molar-refractivity contribution in [2.24, 2.45) is 5.92 Å². The molecule has 1 saturated heterocycles. The van der Waals surface area contributed by atoms with Gasteiger partial charge in [0.2, 0.25) is 0 Å². The lowest BCUT2D eigenvalue weighted by Gasteiger charge is -2.39. The van der Waals surface area contributed by atoms with E-state index in [2.05, 4.69) is 65.1 Å². The van der Waals surface area contributed by atoms with Gasteiger partial charge in [-0.2, -0.15) is 0 Å². The van der Waals surface area contributed by atoms with E-state index in [0.717, 1.165) is 19.6 Å². The van der Waals surface area contributed by atoms with Crippen molar-refractivity contribution in [2.45, 2.75) is 39.7 Å². The minimum absolute atomic E-state index is 0.680. The zero-order chi connectivity index (χ0) is 13.8. The van der Waals surface area contributed by atoms with Gasteiger partial charge in [-0.05, 0) is 65.9 Å². The van der Waals surface area contributed by atoms with Crippen LogP contribution in [0.4, 0.5) is 5.69 Å². The summed E-state index contributed by atoms with van der Waals surface area (Å²) in [5.41, 5.74) is 2.68. The number of anilines is 1. The van der Waals surface area contributed by atoms with E-state index in [0.29, 0.717) is 12.0 Å². The number of rotatable bonds is 4. The maximum Gasteiger partial charge on any atom is 0.0513 e. The van der Waals surface area contributed by atoms with Crippen LogP contribution < -0.4 is 10.2 Å². The van der Waals surface area contributed by atoms with E-state index in [1.807, 2.05) is 0 Å². The Labute approximate surface area is 125 Å². The highest BCUT2D eigenvalue weighted by atomic mass is 79.9. The summed E-state index contributed by atoms with van der Waals surface area (Å²) in [4.78, 5) is 2.52. The second-order valence-electron chi connectivity index (χ2n) is 5.73. The van der Waals surface area contributed by atoms with Gasteiger partial charge >= 0.3 is 0 Å². The van der Waals surface area contributed by atoms with E-state index in [-0.39, 0.29) is 0 Å². The van der Waals surface area contributed by atoms with Crippen LogP contribution in [-0.2, 0) is 0 Å². The van der Waals surface area contributed by atoms with Crippen molar-refractivity contribution in [2.75, 3.05) is 24.5 Å². The first kappa shape index (κ1) is 14.9. The SMILES string of the molecule is CCCNC1CCN(c2cc(C)ccc2Br)CC1C. The van der Waals surface area contributed by atoms with Crippen LogP contribution in [0.3, 0.4) is 0 Å². The molecule has 1 aromatic carbocycles. The number of nitrogens with one attached hydrogen (secondary N) is 1. The third-order valence-electron chi connectivity index (χ3n) is 4.00. The second-order valence-corrected chi connectivity index (χ2v) is 6.58. The van der Waals surface area contributed by atoms with Crippen LogP contribution in [0.2, 0.25) is 0 Å². The number of hydrogen-bond donors (Lipinski definition) is 1. The van der Waals surface area contributed by atoms with Crippen LogP contribution in [0, 0.1) is 12.8 Å². The van der Waals surface area contributed by atoms with Crippen LogP contribution in [-0.4, -0.2) is 25.7 Å². The molecule has 1 aliphatic heterocycles. The van der Waals surface area contributed by atoms with Gasteiger partial charge < -0.3 is 10.2 Å². The Bertz CT molecular complexity index is 419. The molecule has 0 amide bonds. The van der Waals surface area contributed by atoms with Crippen LogP contribution in [0.1, 0.15) is 32.3 Å². The van der Waals surface area contributed by atoms with Crippen LogP contribution in [0.15, 0.2) is 22.7 Å². The van der Waals surface area contributed by atoms with Gasteiger partial charge in [-0.1, -0.05) is 19.9 Å². The van der Waals surface area contributed by atoms with Crippen molar-refractivity contribution >= 4 is 21.6 Å². The maximum absolute atomic E-state index is 3.69. The van der Waals surface area contributed by atoms with Gasteiger partial charge in [0.05, 0.1) is 5.69 Å². The summed E-state index contributed by atoms with van der Waals surface area (Å²) in [6.07, 6.45) is 2.46. The van der Waals surface area contributed by atoms with Crippen molar-refractivity contribution in [3.05, 3.63) is 28.2 Å². The fourth-order valence-electron chi connectivity index (χ4n) is 2.86. The summed E-state index contributed by atoms with van der Waals surface area (Å²) in [6.45, 7) is 10.2. The molecule has 0 aromatic heterocycles. The molecule has 2 nitrogen and oxygen atoms in total. The normalized spacial score (nSPS) is 23.7. The molecule has 0 bridgehead atoms. The molecule has 1 N–H and O–H groups in total. The lowest BCUT2D eigenvalue weighted by molar-refractivity contribution is 0.322. The number of piperidine rings is 1. The molecule has 1 aromatic rings. The first-order valence-electron chi connectivity index (χ1n) is 7.36. The predicted molar refractivity (Wildman–Crippen MR) is 87.0 cm³/mol. The van der Waals surface area contributed by atoms with Crippen LogP contribution >= 0.6 is 15.9 Å². The first-order chi connectivity index (χ1) is 9.11. The Morgan fingerprint density at radius 2 is 2.21 bits per heavy atom. The Kier molecular flexibility index (Phi) is 5.28. The third-order valence-corrected chi connectivity index (χ3v) is 4.67. The van der Waals surface area contributed by atoms with E-state index in [1.54, 1.807) is 0 Å². The number of nitrogens with zero attached hydrogens (tertiary/aromatic N) is 1. The number of halogens is 1. The smallest absolute Gasteiger partial charge is 0.0513 e. The summed E-state index contributed by atoms with van der Waals surface area (Å²) in [5, 5.41) is 3.68. The molecule has 2 unspecified atom stereocenters. The molecular weight excluding hydrogens is 300 g/mol. The molecule has 106 valence electrons. The summed E-state index contributed by atoms with van der Waals surface area (Å²) in [7, 11) is 0. The summed E-state index contributed by atoms with van der Waals surface area (Å²) < 4.78 is 1.21. The largest absolute Gasteiger partial charge is 0.370 e. The average Bonchev–Trinajstić information content (AvgIpc) is 2.40. The standard InChI is InChI=1S/C16H25BrN2/c1-4-8-18-15-7-9-19(11-13(15)3)16-10-12(2)5-6-14(16)17/h5-6,10,13,15,18H,4,7-9,11H2,1-3H3. The lowest BCUT2D eigenvalue weighted by atomic mass is 9.93. The van der Waals surface area contributed by atoms with E-state index >= 15 is 0 Å². The van der Waals surface area contributed by atoms with E-state index < -0.39 is 0 Å². The highest BCUT2D eigenvalue weighted by molar-refractivity contribution is 9.10. The number of hydrogen-bond acceptors (Lipinski definition) is 2. The molecular formula is C16H25BrN2. The Balaban J connectivity index is 2.03. The predicted octanol–water partition coefficient (Wildman–Crippen LogP) is 3.97. The molecule has 0 radical (unpaired) electrons. The van der Waals surface area contributed by atoms with E-state index in [9.17, 15) is 0 Å². The van der Waals surface area contributed by atoms with Crippen molar-refractivity contribution in [3.8, 4) is 0 Å². The minimum atomic E-state index is 0.680. The fraction of sp³-hybridized carbons (Fsp3) is 0.625. The molecule has 1 fully saturated rings. The Morgan fingerprint density at radius 1 is 1.42 bits per heavy atom. The highest BCUT2D eigenvalue weighted by Crippen LogP contribution is 2.31. The third kappa shape index (κ3) is 3.73. The molecule has 0 aliphatic carbocycles. The Morgan fingerprint density at radius 3 is 2.89 bits per heavy atom. The molecule has 19 heavy (non-hydrogen) atoms. The monoisotopic (exact) mass is 324 g/mol. The summed E-state index contributed by atoms with van der Waals surface area (Å²) >= 11 is 3.69. The van der Waals surface area contributed by atoms with Crippen LogP contribution in [0.25, 0.3) is 0 Å². The molecule has 1 aliphatic rings. The number of aryl methyl sites for hydroxylation is 1. The van der Waals surface area contributed by atoms with Crippen LogP contribution in [0.5, 0.6) is 0 Å². The molecule has 1 heterocycles. The van der Waals surface area contributed by atoms with Gasteiger partial charge in [0.25, 0.3) is 0 Å². The van der Waals surface area contributed by atoms with E-state index in [1.165, 1.54) is 28.6 Å². The van der Waals surface area contributed by atoms with Gasteiger partial charge in [0.1, 0.15) is 0 Å². The molecule has 0 spiro atoms. The highest BCUT2D eigenvalue weighted by Gasteiger charge is 2.26. The first-order valence-corrected chi connectivity index (χ1v) is 8.15. The van der Waals surface area contributed by atoms with Crippen molar-refractivity contribution in [1.82, 2.24) is 5.32 Å². The van der Waals surface area contributed by atoms with Crippen molar-refractivity contribution < 1.29 is 0 Å². The quantitative estimate of drug-likeness (QED) is 0.901. The van der Waals surface area contributed by atoms with Crippen molar-refractivity contribution in [1.29, 1.82) is 0 Å². The number of benzene rings is 1. The molecule has 3 heteroatoms. The van der Waals surface area contributed by atoms with Gasteiger partial charge in [0.15, 0.2) is 0 Å². The zero-order valence-electron chi connectivity index (χ0n) is 12.2. The van der Waals surface area contributed by atoms with Crippen molar-refractivity contribution in [3.63, 3.8) is 0 Å². The van der Waals surface area contributed by atoms with Gasteiger partial charge in [0, 0.05) is 23.6 Å². The summed E-state index contributed by atoms with van der Waals surface area (Å²) in [6, 6.07) is 7.29. The minimum Gasteiger partial charge on any atom is -0.370 e. The Hall–Kier alpha value is -0.540. The summed E-state index contributed by atoms with van der Waals surface area (Å²) in [5.74, 6) is 0.702. The molecule has 0 saturated carbocycles.